The minimum absolute atomic E-state index is 0.217. The predicted molar refractivity (Wildman–Crippen MR) is 180 cm³/mol. The van der Waals surface area contributed by atoms with E-state index in [-0.39, 0.29) is 23.8 Å². The average Bonchev–Trinajstić information content (AvgIpc) is 3.10. The Morgan fingerprint density at radius 1 is 0.694 bits per heavy atom. The first-order valence-electron chi connectivity index (χ1n) is 16.6. The van der Waals surface area contributed by atoms with Crippen molar-refractivity contribution in [1.82, 2.24) is 0 Å². The topological polar surface area (TPSA) is 164 Å². The lowest BCUT2D eigenvalue weighted by molar-refractivity contribution is -0.153. The molecule has 1 atom stereocenters. The van der Waals surface area contributed by atoms with Crippen LogP contribution in [0.5, 0.6) is 5.75 Å². The first kappa shape index (κ1) is 40.0. The number of ether oxygens (including phenoxy) is 4. The highest BCUT2D eigenvalue weighted by Crippen LogP contribution is 2.18. The van der Waals surface area contributed by atoms with Crippen LogP contribution in [0.2, 0.25) is 0 Å². The summed E-state index contributed by atoms with van der Waals surface area (Å²) in [6, 6.07) is 11.8. The molecule has 0 heterocycles. The molecule has 262 valence electrons. The van der Waals surface area contributed by atoms with Gasteiger partial charge in [0.15, 0.2) is 13.2 Å². The Morgan fingerprint density at radius 3 is 1.98 bits per heavy atom. The predicted octanol–water partition coefficient (Wildman–Crippen LogP) is 7.49. The van der Waals surface area contributed by atoms with Gasteiger partial charge < -0.3 is 18.9 Å². The minimum Gasteiger partial charge on any atom is -0.460 e. The van der Waals surface area contributed by atoms with E-state index in [1.807, 2.05) is 6.08 Å². The Balaban J connectivity index is 1.59. The number of benzene rings is 2. The molecule has 0 bridgehead atoms. The van der Waals surface area contributed by atoms with Gasteiger partial charge in [0, 0.05) is 12.8 Å². The number of unbranched alkanes of at least 4 members (excludes halogenated alkanes) is 8. The SMILES string of the molecule is CCCCCC[C@H](C/C=C\CCCCCCCC(=O)OCC(=O)Oc1ccc(N=C=O)cc1)OC(=O)COC(=O)c1ccc(N=C=O)cc1. The largest absolute Gasteiger partial charge is 0.460 e. The second-order valence-corrected chi connectivity index (χ2v) is 11.1. The number of hydrogen-bond acceptors (Lipinski definition) is 12. The van der Waals surface area contributed by atoms with Gasteiger partial charge in [-0.3, -0.25) is 4.79 Å². The lowest BCUT2D eigenvalue weighted by Crippen LogP contribution is -2.23. The fourth-order valence-corrected chi connectivity index (χ4v) is 4.62. The van der Waals surface area contributed by atoms with Crippen molar-refractivity contribution in [2.75, 3.05) is 13.2 Å². The molecule has 0 N–H and O–H groups in total. The maximum atomic E-state index is 12.4. The molecule has 0 radical (unpaired) electrons. The molecule has 0 saturated heterocycles. The summed E-state index contributed by atoms with van der Waals surface area (Å²) in [5.41, 5.74) is 0.960. The molecule has 0 spiro atoms. The first-order chi connectivity index (χ1) is 23.8. The Hall–Kier alpha value is -5.18. The Bertz CT molecular complexity index is 1440. The molecule has 49 heavy (non-hydrogen) atoms. The Kier molecular flexibility index (Phi) is 20.3. The fraction of sp³-hybridized carbons (Fsp3) is 0.459. The molecule has 12 nitrogen and oxygen atoms in total. The van der Waals surface area contributed by atoms with Crippen molar-refractivity contribution >= 4 is 47.4 Å². The summed E-state index contributed by atoms with van der Waals surface area (Å²) in [4.78, 5) is 76.0. The molecule has 0 fully saturated rings. The highest BCUT2D eigenvalue weighted by atomic mass is 16.6. The minimum atomic E-state index is -0.706. The molecule has 0 unspecified atom stereocenters. The van der Waals surface area contributed by atoms with Gasteiger partial charge in [-0.2, -0.15) is 9.98 Å². The van der Waals surface area contributed by atoms with Crippen LogP contribution < -0.4 is 4.74 Å². The lowest BCUT2D eigenvalue weighted by Gasteiger charge is -2.16. The van der Waals surface area contributed by atoms with Crippen molar-refractivity contribution in [3.8, 4) is 5.75 Å². The number of aliphatic imine (C=N–C) groups is 2. The summed E-state index contributed by atoms with van der Waals surface area (Å²) < 4.78 is 20.8. The van der Waals surface area contributed by atoms with Gasteiger partial charge >= 0.3 is 23.9 Å². The van der Waals surface area contributed by atoms with E-state index in [9.17, 15) is 28.8 Å². The van der Waals surface area contributed by atoms with Crippen LogP contribution >= 0.6 is 0 Å². The van der Waals surface area contributed by atoms with Gasteiger partial charge in [-0.15, -0.1) is 0 Å². The molecule has 0 aromatic heterocycles. The van der Waals surface area contributed by atoms with Gasteiger partial charge in [0.05, 0.1) is 16.9 Å². The average molecular weight is 677 g/mol. The summed E-state index contributed by atoms with van der Waals surface area (Å²) in [7, 11) is 0. The van der Waals surface area contributed by atoms with E-state index < -0.39 is 37.1 Å². The van der Waals surface area contributed by atoms with E-state index in [1.165, 1.54) is 60.7 Å². The zero-order valence-electron chi connectivity index (χ0n) is 27.9. The summed E-state index contributed by atoms with van der Waals surface area (Å²) in [5, 5.41) is 0. The van der Waals surface area contributed by atoms with Crippen LogP contribution in [0.25, 0.3) is 0 Å². The van der Waals surface area contributed by atoms with Crippen LogP contribution in [-0.4, -0.2) is 55.4 Å². The van der Waals surface area contributed by atoms with Crippen molar-refractivity contribution in [2.45, 2.75) is 96.5 Å². The van der Waals surface area contributed by atoms with Crippen LogP contribution in [0, 0.1) is 0 Å². The van der Waals surface area contributed by atoms with Crippen molar-refractivity contribution in [3.63, 3.8) is 0 Å². The van der Waals surface area contributed by atoms with Crippen molar-refractivity contribution in [3.05, 3.63) is 66.2 Å². The quantitative estimate of drug-likeness (QED) is 0.0207. The molecule has 0 aliphatic heterocycles. The molecule has 0 aliphatic carbocycles. The van der Waals surface area contributed by atoms with Crippen LogP contribution in [0.15, 0.2) is 70.7 Å². The normalized spacial score (nSPS) is 11.1. The highest BCUT2D eigenvalue weighted by molar-refractivity contribution is 5.91. The number of hydrogen-bond donors (Lipinski definition) is 0. The highest BCUT2D eigenvalue weighted by Gasteiger charge is 2.16. The van der Waals surface area contributed by atoms with Crippen LogP contribution in [0.1, 0.15) is 101 Å². The third-order valence-electron chi connectivity index (χ3n) is 7.19. The third-order valence-corrected chi connectivity index (χ3v) is 7.19. The van der Waals surface area contributed by atoms with E-state index in [1.54, 1.807) is 0 Å². The van der Waals surface area contributed by atoms with Gasteiger partial charge in [0.1, 0.15) is 11.9 Å². The molecule has 12 heteroatoms. The van der Waals surface area contributed by atoms with Crippen LogP contribution in [-0.2, 0) is 38.2 Å². The number of allylic oxidation sites excluding steroid dienone is 1. The second kappa shape index (κ2) is 24.9. The Morgan fingerprint density at radius 2 is 1.31 bits per heavy atom. The fourth-order valence-electron chi connectivity index (χ4n) is 4.62. The number of rotatable bonds is 24. The maximum Gasteiger partial charge on any atom is 0.349 e. The lowest BCUT2D eigenvalue weighted by atomic mass is 10.1. The van der Waals surface area contributed by atoms with Gasteiger partial charge in [-0.1, -0.05) is 57.6 Å². The van der Waals surface area contributed by atoms with Crippen LogP contribution in [0.4, 0.5) is 11.4 Å². The summed E-state index contributed by atoms with van der Waals surface area (Å²) in [5.74, 6) is -2.21. The van der Waals surface area contributed by atoms with E-state index in [0.717, 1.165) is 64.2 Å². The molecular formula is C37H44N2O10. The number of isocyanates is 2. The monoisotopic (exact) mass is 676 g/mol. The van der Waals surface area contributed by atoms with E-state index in [0.29, 0.717) is 24.2 Å². The van der Waals surface area contributed by atoms with Crippen molar-refractivity contribution < 1.29 is 47.7 Å². The van der Waals surface area contributed by atoms with Gasteiger partial charge in [-0.05, 0) is 80.6 Å². The molecule has 0 saturated carbocycles. The zero-order valence-corrected chi connectivity index (χ0v) is 27.9. The summed E-state index contributed by atoms with van der Waals surface area (Å²) in [6.07, 6.45) is 17.7. The first-order valence-corrected chi connectivity index (χ1v) is 16.6. The van der Waals surface area contributed by atoms with Gasteiger partial charge in [0.25, 0.3) is 0 Å². The molecule has 2 aromatic carbocycles. The van der Waals surface area contributed by atoms with Crippen LogP contribution in [0.3, 0.4) is 0 Å². The van der Waals surface area contributed by atoms with E-state index in [4.69, 9.17) is 18.9 Å². The molecule has 2 aromatic rings. The second-order valence-electron chi connectivity index (χ2n) is 11.1. The standard InChI is InChI=1S/C37H44N2O10/c1-2-3-4-11-14-32(48-36(44)26-47-37(45)29-17-19-30(20-18-29)38-27-40)15-12-9-7-5-6-8-10-13-16-34(42)46-25-35(43)49-33-23-21-31(22-24-33)39-28-41/h9,12,17-24,32H,2-8,10-11,13-16,25-26H2,1H3/b12-9-/t32-/m1/s1. The maximum absolute atomic E-state index is 12.4. The van der Waals surface area contributed by atoms with Crippen molar-refractivity contribution in [2.24, 2.45) is 9.98 Å². The molecule has 0 amide bonds. The van der Waals surface area contributed by atoms with Gasteiger partial charge in [-0.25, -0.2) is 24.0 Å². The number of nitrogens with zero attached hydrogens (tertiary/aromatic N) is 2. The molecule has 2 rings (SSSR count). The Labute approximate surface area is 286 Å². The van der Waals surface area contributed by atoms with Gasteiger partial charge in [0.2, 0.25) is 12.2 Å². The smallest absolute Gasteiger partial charge is 0.349 e. The third kappa shape index (κ3) is 18.7. The number of esters is 4. The number of carbonyl (C=O) groups excluding carboxylic acids is 6. The summed E-state index contributed by atoms with van der Waals surface area (Å²) in [6.45, 7) is 1.15. The molecule has 0 aliphatic rings. The number of carbonyl (C=O) groups is 4. The van der Waals surface area contributed by atoms with E-state index in [2.05, 4.69) is 23.0 Å². The zero-order chi connectivity index (χ0) is 35.5. The molecular weight excluding hydrogens is 632 g/mol. The van der Waals surface area contributed by atoms with Crippen molar-refractivity contribution in [1.29, 1.82) is 0 Å². The summed E-state index contributed by atoms with van der Waals surface area (Å²) >= 11 is 0. The van der Waals surface area contributed by atoms with E-state index >= 15 is 0 Å².